The summed E-state index contributed by atoms with van der Waals surface area (Å²) in [6.45, 7) is 5.01. The molecule has 0 fully saturated rings. The molecule has 0 radical (unpaired) electrons. The molecule has 358 valence electrons. The van der Waals surface area contributed by atoms with E-state index in [0.29, 0.717) is 12.8 Å². The van der Waals surface area contributed by atoms with Gasteiger partial charge in [0.05, 0.1) is 6.42 Å². The van der Waals surface area contributed by atoms with Crippen LogP contribution < -0.4 is 54.8 Å². The van der Waals surface area contributed by atoms with Crippen LogP contribution in [0.4, 0.5) is 4.79 Å². The SMILES string of the molecule is CC(C)(C)OC(=O)N[C@@H](CC(=O)O)C(=O)N[C@@H](CCCCN)C(=O)N[C@@H](CCCCN)C(=O)N[C@@H](CCCN=C(N)N)C(=O)N[C@@H](CCC(=O)O)C(=O)N[C@@H](CCC(=O)O)C(=O)O. The van der Waals surface area contributed by atoms with Gasteiger partial charge in [0.1, 0.15) is 41.9 Å². The number of nitrogens with zero attached hydrogens (tertiary/aromatic N) is 1. The van der Waals surface area contributed by atoms with Crippen molar-refractivity contribution in [3.63, 3.8) is 0 Å². The van der Waals surface area contributed by atoms with Gasteiger partial charge in [-0.2, -0.15) is 0 Å². The van der Waals surface area contributed by atoms with Crippen LogP contribution >= 0.6 is 0 Å². The Balaban J connectivity index is 6.69. The van der Waals surface area contributed by atoms with Gasteiger partial charge in [0.2, 0.25) is 29.5 Å². The minimum atomic E-state index is -1.72. The molecule has 6 atom stereocenters. The fourth-order valence-electron chi connectivity index (χ4n) is 5.55. The number of guanidine groups is 1. The van der Waals surface area contributed by atoms with Crippen molar-refractivity contribution in [1.82, 2.24) is 31.9 Å². The van der Waals surface area contributed by atoms with Crippen LogP contribution in [0.25, 0.3) is 0 Å². The lowest BCUT2D eigenvalue weighted by Crippen LogP contribution is -2.59. The molecule has 0 aliphatic heterocycles. The summed E-state index contributed by atoms with van der Waals surface area (Å²) in [7, 11) is 0. The van der Waals surface area contributed by atoms with E-state index in [1.165, 1.54) is 0 Å². The summed E-state index contributed by atoms with van der Waals surface area (Å²) in [4.78, 5) is 130. The maximum atomic E-state index is 14.0. The highest BCUT2D eigenvalue weighted by molar-refractivity contribution is 5.97. The van der Waals surface area contributed by atoms with Crippen LogP contribution in [0, 0.1) is 0 Å². The van der Waals surface area contributed by atoms with Crippen LogP contribution in [-0.2, 0) is 47.9 Å². The standard InChI is InChI=1S/C37H65N11O15/c1-37(2,3)63-36(62)48-25(19-28(53)54)33(59)45-21(10-5-7-17-39)30(56)43-20(9-4-6-16-38)29(55)44-22(11-8-18-42-35(40)41)31(57)46-23(12-14-26(49)50)32(58)47-24(34(60)61)13-15-27(51)52/h20-25H,4-19,38-39H2,1-3H3,(H,43,56)(H,44,55)(H,45,59)(H,46,57)(H,47,58)(H,48,62)(H,49,50)(H,51,52)(H,53,54)(H,60,61)(H4,40,41,42)/t20-,21-,22-,23-,24-,25-/m0/s1. The summed E-state index contributed by atoms with van der Waals surface area (Å²) < 4.78 is 5.14. The molecule has 0 unspecified atom stereocenters. The Hall–Kier alpha value is -6.31. The van der Waals surface area contributed by atoms with E-state index in [1.54, 1.807) is 20.8 Å². The maximum absolute atomic E-state index is 14.0. The monoisotopic (exact) mass is 903 g/mol. The maximum Gasteiger partial charge on any atom is 0.408 e. The first-order valence-corrected chi connectivity index (χ1v) is 20.3. The number of nitrogens with two attached hydrogens (primary N) is 4. The van der Waals surface area contributed by atoms with Gasteiger partial charge in [-0.25, -0.2) is 9.59 Å². The summed E-state index contributed by atoms with van der Waals surface area (Å²) in [5.41, 5.74) is 21.1. The fourth-order valence-corrected chi connectivity index (χ4v) is 5.55. The van der Waals surface area contributed by atoms with Gasteiger partial charge in [0.15, 0.2) is 5.96 Å². The van der Waals surface area contributed by atoms with Crippen LogP contribution in [0.5, 0.6) is 0 Å². The van der Waals surface area contributed by atoms with E-state index in [0.717, 1.165) is 0 Å². The van der Waals surface area contributed by atoms with Gasteiger partial charge in [-0.05, 0) is 98.1 Å². The van der Waals surface area contributed by atoms with Crippen molar-refractivity contribution < 1.29 is 73.1 Å². The quantitative estimate of drug-likeness (QED) is 0.0181. The molecule has 0 aromatic rings. The Bertz CT molecular complexity index is 1600. The zero-order chi connectivity index (χ0) is 48.3. The van der Waals surface area contributed by atoms with Crippen molar-refractivity contribution in [3.05, 3.63) is 0 Å². The van der Waals surface area contributed by atoms with Gasteiger partial charge in [0.25, 0.3) is 0 Å². The number of carboxylic acid groups (broad SMARTS) is 4. The van der Waals surface area contributed by atoms with Crippen molar-refractivity contribution in [2.24, 2.45) is 27.9 Å². The molecular formula is C37H65N11O15. The van der Waals surface area contributed by atoms with Crippen LogP contribution in [0.2, 0.25) is 0 Å². The van der Waals surface area contributed by atoms with Crippen molar-refractivity contribution in [3.8, 4) is 0 Å². The molecule has 0 aliphatic rings. The van der Waals surface area contributed by atoms with Crippen molar-refractivity contribution >= 4 is 65.5 Å². The normalized spacial score (nSPS) is 13.9. The molecule has 0 heterocycles. The van der Waals surface area contributed by atoms with E-state index in [-0.39, 0.29) is 64.1 Å². The van der Waals surface area contributed by atoms with Gasteiger partial charge >= 0.3 is 30.0 Å². The molecule has 26 heteroatoms. The Labute approximate surface area is 363 Å². The number of hydrogen-bond donors (Lipinski definition) is 14. The molecule has 0 aliphatic carbocycles. The summed E-state index contributed by atoms with van der Waals surface area (Å²) in [6, 6.07) is -9.42. The van der Waals surface area contributed by atoms with Crippen LogP contribution in [-0.4, -0.2) is 147 Å². The summed E-state index contributed by atoms with van der Waals surface area (Å²) >= 11 is 0. The third kappa shape index (κ3) is 26.6. The lowest BCUT2D eigenvalue weighted by molar-refractivity contribution is -0.144. The fraction of sp³-hybridized carbons (Fsp3) is 0.703. The number of aliphatic carboxylic acids is 4. The second-order valence-electron chi connectivity index (χ2n) is 15.3. The molecule has 0 bridgehead atoms. The van der Waals surface area contributed by atoms with E-state index >= 15 is 0 Å². The van der Waals surface area contributed by atoms with Crippen molar-refractivity contribution in [2.45, 2.75) is 146 Å². The number of alkyl carbamates (subject to hydrolysis) is 1. The van der Waals surface area contributed by atoms with Gasteiger partial charge < -0.3 is 80.0 Å². The Morgan fingerprint density at radius 1 is 0.508 bits per heavy atom. The van der Waals surface area contributed by atoms with E-state index in [4.69, 9.17) is 32.8 Å². The van der Waals surface area contributed by atoms with Crippen molar-refractivity contribution in [1.29, 1.82) is 0 Å². The smallest absolute Gasteiger partial charge is 0.408 e. The first kappa shape index (κ1) is 56.7. The van der Waals surface area contributed by atoms with Crippen LogP contribution in [0.1, 0.15) is 104 Å². The molecule has 0 spiro atoms. The Morgan fingerprint density at radius 2 is 0.873 bits per heavy atom. The predicted octanol–water partition coefficient (Wildman–Crippen LogP) is -3.10. The third-order valence-corrected chi connectivity index (χ3v) is 8.67. The molecule has 0 aromatic carbocycles. The number of carboxylic acids is 4. The topological polar surface area (TPSA) is 449 Å². The van der Waals surface area contributed by atoms with Crippen LogP contribution in [0.3, 0.4) is 0 Å². The number of aliphatic imine (C=N–C) groups is 1. The number of nitrogens with one attached hydrogen (secondary N) is 6. The highest BCUT2D eigenvalue weighted by Crippen LogP contribution is 2.11. The zero-order valence-corrected chi connectivity index (χ0v) is 35.8. The first-order valence-electron chi connectivity index (χ1n) is 20.3. The average Bonchev–Trinajstić information content (AvgIpc) is 3.16. The lowest BCUT2D eigenvalue weighted by atomic mass is 10.0. The largest absolute Gasteiger partial charge is 0.481 e. The van der Waals surface area contributed by atoms with Gasteiger partial charge in [-0.3, -0.25) is 43.3 Å². The second-order valence-corrected chi connectivity index (χ2v) is 15.3. The van der Waals surface area contributed by atoms with E-state index in [2.05, 4.69) is 36.9 Å². The Kier molecular flexibility index (Phi) is 26.9. The Morgan fingerprint density at radius 3 is 1.22 bits per heavy atom. The van der Waals surface area contributed by atoms with E-state index in [1.807, 2.05) is 0 Å². The van der Waals surface area contributed by atoms with Gasteiger partial charge in [0, 0.05) is 19.4 Å². The average molecular weight is 904 g/mol. The van der Waals surface area contributed by atoms with Gasteiger partial charge in [-0.15, -0.1) is 0 Å². The molecule has 18 N–H and O–H groups in total. The van der Waals surface area contributed by atoms with Crippen molar-refractivity contribution in [2.75, 3.05) is 19.6 Å². The molecule has 0 saturated carbocycles. The summed E-state index contributed by atoms with van der Waals surface area (Å²) in [5.74, 6) is -11.2. The molecule has 63 heavy (non-hydrogen) atoms. The molecule has 0 aromatic heterocycles. The van der Waals surface area contributed by atoms with E-state index < -0.39 is 133 Å². The molecular weight excluding hydrogens is 838 g/mol. The summed E-state index contributed by atoms with van der Waals surface area (Å²) in [5, 5.41) is 51.4. The van der Waals surface area contributed by atoms with Gasteiger partial charge in [-0.1, -0.05) is 0 Å². The van der Waals surface area contributed by atoms with E-state index in [9.17, 15) is 63.3 Å². The lowest BCUT2D eigenvalue weighted by Gasteiger charge is -2.27. The highest BCUT2D eigenvalue weighted by Gasteiger charge is 2.34. The number of carbonyl (C=O) groups is 10. The second kappa shape index (κ2) is 29.9. The number of unbranched alkanes of at least 4 members (excludes halogenated alkanes) is 2. The first-order chi connectivity index (χ1) is 29.4. The molecule has 6 amide bonds. The minimum absolute atomic E-state index is 0.0404. The molecule has 0 saturated heterocycles. The summed E-state index contributed by atoms with van der Waals surface area (Å²) in [6.07, 6.45) is -3.33. The highest BCUT2D eigenvalue weighted by atomic mass is 16.6. The number of rotatable bonds is 32. The third-order valence-electron chi connectivity index (χ3n) is 8.67. The number of amides is 6. The molecule has 0 rings (SSSR count). The molecule has 26 nitrogen and oxygen atoms in total. The van der Waals surface area contributed by atoms with Crippen LogP contribution in [0.15, 0.2) is 4.99 Å². The zero-order valence-electron chi connectivity index (χ0n) is 35.8. The number of carbonyl (C=O) groups excluding carboxylic acids is 6. The predicted molar refractivity (Wildman–Crippen MR) is 222 cm³/mol. The number of ether oxygens (including phenoxy) is 1. The number of hydrogen-bond acceptors (Lipinski definition) is 14. The minimum Gasteiger partial charge on any atom is -0.481 e.